The molecule has 1 aliphatic rings. The monoisotopic (exact) mass is 277 g/mol. The van der Waals surface area contributed by atoms with Gasteiger partial charge in [-0.3, -0.25) is 9.59 Å². The van der Waals surface area contributed by atoms with Gasteiger partial charge < -0.3 is 4.90 Å². The molecule has 1 amide bonds. The summed E-state index contributed by atoms with van der Waals surface area (Å²) in [6.07, 6.45) is 0.512. The van der Waals surface area contributed by atoms with Gasteiger partial charge in [-0.2, -0.15) is 0 Å². The van der Waals surface area contributed by atoms with Crippen molar-refractivity contribution in [1.29, 1.82) is 0 Å². The van der Waals surface area contributed by atoms with Crippen molar-refractivity contribution in [2.45, 2.75) is 32.1 Å². The van der Waals surface area contributed by atoms with Crippen molar-refractivity contribution >= 4 is 29.1 Å². The van der Waals surface area contributed by atoms with E-state index in [0.717, 1.165) is 22.7 Å². The topological polar surface area (TPSA) is 37.4 Å². The molecule has 1 aromatic rings. The van der Waals surface area contributed by atoms with Crippen LogP contribution in [0.1, 0.15) is 37.6 Å². The van der Waals surface area contributed by atoms with E-state index in [2.05, 4.69) is 13.8 Å². The molecule has 2 rings (SSSR count). The second-order valence-electron chi connectivity index (χ2n) is 5.15. The predicted octanol–water partition coefficient (Wildman–Crippen LogP) is 3.37. The van der Waals surface area contributed by atoms with E-state index in [1.807, 2.05) is 30.0 Å². The third-order valence-electron chi connectivity index (χ3n) is 3.09. The number of hydrogen-bond donors (Lipinski definition) is 0. The van der Waals surface area contributed by atoms with E-state index >= 15 is 0 Å². The lowest BCUT2D eigenvalue weighted by Gasteiger charge is -2.30. The first-order chi connectivity index (χ1) is 9.02. The Bertz CT molecular complexity index is 511. The Morgan fingerprint density at radius 1 is 1.42 bits per heavy atom. The number of amides is 1. The molecule has 0 N–H and O–H groups in total. The average molecular weight is 277 g/mol. The molecule has 102 valence electrons. The Labute approximate surface area is 118 Å². The molecular weight excluding hydrogens is 258 g/mol. The Morgan fingerprint density at radius 3 is 2.79 bits per heavy atom. The highest BCUT2D eigenvalue weighted by atomic mass is 32.2. The van der Waals surface area contributed by atoms with Crippen LogP contribution in [-0.4, -0.2) is 24.0 Å². The van der Waals surface area contributed by atoms with E-state index in [0.29, 0.717) is 18.1 Å². The van der Waals surface area contributed by atoms with Crippen LogP contribution in [0.25, 0.3) is 0 Å². The number of carbonyl (C=O) groups excluding carboxylic acids is 2. The summed E-state index contributed by atoms with van der Waals surface area (Å²) < 4.78 is 0. The van der Waals surface area contributed by atoms with Gasteiger partial charge in [-0.05, 0) is 24.1 Å². The van der Waals surface area contributed by atoms with Crippen LogP contribution in [0.15, 0.2) is 23.1 Å². The maximum Gasteiger partial charge on any atom is 0.237 e. The van der Waals surface area contributed by atoms with Crippen LogP contribution in [0.4, 0.5) is 5.69 Å². The molecule has 0 saturated carbocycles. The van der Waals surface area contributed by atoms with Crippen LogP contribution in [0, 0.1) is 5.92 Å². The Kier molecular flexibility index (Phi) is 4.30. The number of carbonyl (C=O) groups is 2. The maximum atomic E-state index is 12.0. The Balaban J connectivity index is 2.35. The smallest absolute Gasteiger partial charge is 0.237 e. The molecule has 1 aliphatic heterocycles. The number of thioether (sulfide) groups is 1. The van der Waals surface area contributed by atoms with Gasteiger partial charge in [-0.25, -0.2) is 0 Å². The number of fused-ring (bicyclic) bond motifs is 1. The van der Waals surface area contributed by atoms with Crippen molar-refractivity contribution in [3.8, 4) is 0 Å². The number of ketones is 1. The van der Waals surface area contributed by atoms with Gasteiger partial charge in [0.05, 0.1) is 11.4 Å². The SMILES string of the molecule is CCC(=O)c1ccc2c(c1)SCC(=O)N2CC(C)C. The highest BCUT2D eigenvalue weighted by molar-refractivity contribution is 8.00. The molecule has 0 bridgehead atoms. The largest absolute Gasteiger partial charge is 0.310 e. The first kappa shape index (κ1) is 14.1. The maximum absolute atomic E-state index is 12.0. The molecule has 0 atom stereocenters. The average Bonchev–Trinajstić information content (AvgIpc) is 2.40. The second kappa shape index (κ2) is 5.78. The number of benzene rings is 1. The summed E-state index contributed by atoms with van der Waals surface area (Å²) >= 11 is 1.53. The molecule has 0 fully saturated rings. The zero-order valence-electron chi connectivity index (χ0n) is 11.6. The number of rotatable bonds is 4. The highest BCUT2D eigenvalue weighted by Crippen LogP contribution is 2.36. The minimum atomic E-state index is 0.149. The van der Waals surface area contributed by atoms with Crippen molar-refractivity contribution in [3.63, 3.8) is 0 Å². The summed E-state index contributed by atoms with van der Waals surface area (Å²) in [4.78, 5) is 26.6. The number of Topliss-reactive ketones (excluding diaryl/α,β-unsaturated/α-hetero) is 1. The summed E-state index contributed by atoms with van der Waals surface area (Å²) in [7, 11) is 0. The quantitative estimate of drug-likeness (QED) is 0.792. The lowest BCUT2D eigenvalue weighted by atomic mass is 10.1. The third-order valence-corrected chi connectivity index (χ3v) is 4.12. The van der Waals surface area contributed by atoms with Gasteiger partial charge in [0.25, 0.3) is 0 Å². The fraction of sp³-hybridized carbons (Fsp3) is 0.467. The predicted molar refractivity (Wildman–Crippen MR) is 79.0 cm³/mol. The van der Waals surface area contributed by atoms with Gasteiger partial charge in [0.15, 0.2) is 5.78 Å². The van der Waals surface area contributed by atoms with Gasteiger partial charge in [0.2, 0.25) is 5.91 Å². The molecule has 0 spiro atoms. The number of nitrogens with zero attached hydrogens (tertiary/aromatic N) is 1. The van der Waals surface area contributed by atoms with Gasteiger partial charge in [0, 0.05) is 23.4 Å². The summed E-state index contributed by atoms with van der Waals surface area (Å²) in [6.45, 7) is 6.80. The van der Waals surface area contributed by atoms with Crippen LogP contribution < -0.4 is 4.90 Å². The van der Waals surface area contributed by atoms with Gasteiger partial charge in [-0.15, -0.1) is 11.8 Å². The van der Waals surface area contributed by atoms with E-state index < -0.39 is 0 Å². The third kappa shape index (κ3) is 3.00. The minimum absolute atomic E-state index is 0.149. The molecule has 19 heavy (non-hydrogen) atoms. The van der Waals surface area contributed by atoms with Crippen LogP contribution in [0.3, 0.4) is 0 Å². The first-order valence-electron chi connectivity index (χ1n) is 6.63. The standard InChI is InChI=1S/C15H19NO2S/c1-4-13(17)11-5-6-12-14(7-11)19-9-15(18)16(12)8-10(2)3/h5-7,10H,4,8-9H2,1-3H3. The van der Waals surface area contributed by atoms with Gasteiger partial charge in [0.1, 0.15) is 0 Å². The van der Waals surface area contributed by atoms with Crippen molar-refractivity contribution in [3.05, 3.63) is 23.8 Å². The second-order valence-corrected chi connectivity index (χ2v) is 6.16. The highest BCUT2D eigenvalue weighted by Gasteiger charge is 2.25. The molecule has 3 nitrogen and oxygen atoms in total. The molecule has 4 heteroatoms. The van der Waals surface area contributed by atoms with E-state index in [1.165, 1.54) is 11.8 Å². The zero-order chi connectivity index (χ0) is 14.0. The van der Waals surface area contributed by atoms with Gasteiger partial charge in [-0.1, -0.05) is 20.8 Å². The molecule has 0 aliphatic carbocycles. The minimum Gasteiger partial charge on any atom is -0.310 e. The van der Waals surface area contributed by atoms with Crippen molar-refractivity contribution < 1.29 is 9.59 Å². The molecule has 0 aromatic heterocycles. The summed E-state index contributed by atoms with van der Waals surface area (Å²) in [6, 6.07) is 5.66. The number of hydrogen-bond acceptors (Lipinski definition) is 3. The van der Waals surface area contributed by atoms with Crippen LogP contribution >= 0.6 is 11.8 Å². The summed E-state index contributed by atoms with van der Waals surface area (Å²) in [5, 5.41) is 0. The summed E-state index contributed by atoms with van der Waals surface area (Å²) in [5.41, 5.74) is 1.69. The summed E-state index contributed by atoms with van der Waals surface area (Å²) in [5.74, 6) is 1.19. The molecule has 0 saturated heterocycles. The normalized spacial score (nSPS) is 14.7. The van der Waals surface area contributed by atoms with Crippen molar-refractivity contribution in [2.75, 3.05) is 17.2 Å². The molecule has 0 radical (unpaired) electrons. The molecule has 1 aromatic carbocycles. The molecular formula is C15H19NO2S. The fourth-order valence-electron chi connectivity index (χ4n) is 2.15. The van der Waals surface area contributed by atoms with Crippen LogP contribution in [0.2, 0.25) is 0 Å². The van der Waals surface area contributed by atoms with E-state index in [9.17, 15) is 9.59 Å². The Morgan fingerprint density at radius 2 is 2.16 bits per heavy atom. The van der Waals surface area contributed by atoms with Crippen LogP contribution in [0.5, 0.6) is 0 Å². The number of anilines is 1. The molecule has 1 heterocycles. The zero-order valence-corrected chi connectivity index (χ0v) is 12.4. The van der Waals surface area contributed by atoms with E-state index in [1.54, 1.807) is 0 Å². The fourth-order valence-corrected chi connectivity index (χ4v) is 3.12. The van der Waals surface area contributed by atoms with E-state index in [-0.39, 0.29) is 11.7 Å². The van der Waals surface area contributed by atoms with E-state index in [4.69, 9.17) is 0 Å². The first-order valence-corrected chi connectivity index (χ1v) is 7.62. The molecule has 0 unspecified atom stereocenters. The lowest BCUT2D eigenvalue weighted by Crippen LogP contribution is -2.38. The van der Waals surface area contributed by atoms with Gasteiger partial charge >= 0.3 is 0 Å². The Hall–Kier alpha value is -1.29. The van der Waals surface area contributed by atoms with Crippen LogP contribution in [-0.2, 0) is 4.79 Å². The van der Waals surface area contributed by atoms with Crippen molar-refractivity contribution in [2.24, 2.45) is 5.92 Å². The lowest BCUT2D eigenvalue weighted by molar-refractivity contribution is -0.116. The van der Waals surface area contributed by atoms with Crippen molar-refractivity contribution in [1.82, 2.24) is 0 Å².